The van der Waals surface area contributed by atoms with E-state index in [2.05, 4.69) is 4.98 Å². The lowest BCUT2D eigenvalue weighted by atomic mass is 10.5. The number of pyridine rings is 1. The summed E-state index contributed by atoms with van der Waals surface area (Å²) < 4.78 is 22.7. The van der Waals surface area contributed by atoms with Crippen LogP contribution in [0.5, 0.6) is 0 Å². The highest BCUT2D eigenvalue weighted by atomic mass is 35.7. The number of rotatable bonds is 1. The van der Waals surface area contributed by atoms with Crippen molar-refractivity contribution in [3.8, 4) is 0 Å². The zero-order valence-electron chi connectivity index (χ0n) is 4.75. The molecule has 0 aliphatic carbocycles. The molecule has 0 fully saturated rings. The van der Waals surface area contributed by atoms with Gasteiger partial charge in [-0.05, 0) is 0 Å². The van der Waals surface area contributed by atoms with E-state index in [0.717, 1.165) is 12.3 Å². The second kappa shape index (κ2) is 3.18. The molecule has 1 aromatic heterocycles. The highest BCUT2D eigenvalue weighted by Gasteiger charge is 2.08. The smallest absolute Gasteiger partial charge is 0.194 e. The molecule has 1 heterocycles. The Morgan fingerprint density at radius 3 is 2.70 bits per heavy atom. The van der Waals surface area contributed by atoms with Crippen molar-refractivity contribution >= 4 is 21.1 Å². The first-order chi connectivity index (χ1) is 4.70. The predicted molar refractivity (Wildman–Crippen MR) is 36.5 cm³/mol. The molecule has 0 N–H and O–H groups in total. The summed E-state index contributed by atoms with van der Waals surface area (Å²) in [6, 6.07) is 1.08. The monoisotopic (exact) mass is 179 g/mol. The number of nitrogens with zero attached hydrogens (tertiary/aromatic N) is 1. The molecule has 2 nitrogen and oxygen atoms in total. The van der Waals surface area contributed by atoms with Crippen molar-refractivity contribution in [2.45, 2.75) is 4.90 Å². The Morgan fingerprint density at radius 1 is 1.60 bits per heavy atom. The minimum atomic E-state index is -1.67. The molecule has 0 aliphatic rings. The average Bonchev–Trinajstić information content (AvgIpc) is 1.88. The third kappa shape index (κ3) is 1.83. The Hall–Kier alpha value is -0.320. The van der Waals surface area contributed by atoms with E-state index < -0.39 is 16.2 Å². The van der Waals surface area contributed by atoms with E-state index in [-0.39, 0.29) is 4.90 Å². The first-order valence-corrected chi connectivity index (χ1v) is 4.36. The lowest BCUT2D eigenvalue weighted by Gasteiger charge is -1.96. The molecule has 54 valence electrons. The zero-order valence-corrected chi connectivity index (χ0v) is 6.32. The first kappa shape index (κ1) is 7.78. The quantitative estimate of drug-likeness (QED) is 0.613. The Kier molecular flexibility index (Phi) is 2.48. The molecule has 0 amide bonds. The minimum Gasteiger partial charge on any atom is -0.594 e. The Bertz CT molecular complexity index is 233. The third-order valence-electron chi connectivity index (χ3n) is 0.865. The molecule has 0 radical (unpaired) electrons. The van der Waals surface area contributed by atoms with Crippen molar-refractivity contribution in [3.05, 3.63) is 24.3 Å². The maximum atomic E-state index is 12.3. The molecule has 0 saturated heterocycles. The summed E-state index contributed by atoms with van der Waals surface area (Å²) in [5.41, 5.74) is 0. The lowest BCUT2D eigenvalue weighted by molar-refractivity contribution is 0.598. The standard InChI is InChI=1S/C5H3ClFNOS/c6-10(9)5-1-4(7)2-8-3-5/h1-3H. The van der Waals surface area contributed by atoms with Gasteiger partial charge in [0.2, 0.25) is 0 Å². The van der Waals surface area contributed by atoms with Crippen molar-refractivity contribution in [3.63, 3.8) is 0 Å². The fourth-order valence-electron chi connectivity index (χ4n) is 0.480. The van der Waals surface area contributed by atoms with E-state index in [4.69, 9.17) is 10.7 Å². The van der Waals surface area contributed by atoms with Crippen LogP contribution in [0.3, 0.4) is 0 Å². The molecule has 0 bridgehead atoms. The van der Waals surface area contributed by atoms with E-state index in [1.54, 1.807) is 0 Å². The van der Waals surface area contributed by atoms with Gasteiger partial charge >= 0.3 is 0 Å². The van der Waals surface area contributed by atoms with Gasteiger partial charge in [0.05, 0.1) is 12.4 Å². The fourth-order valence-corrected chi connectivity index (χ4v) is 1.08. The molecule has 1 rings (SSSR count). The molecule has 0 saturated carbocycles. The van der Waals surface area contributed by atoms with Gasteiger partial charge in [0.25, 0.3) is 0 Å². The van der Waals surface area contributed by atoms with Crippen LogP contribution in [0.4, 0.5) is 4.39 Å². The largest absolute Gasteiger partial charge is 0.594 e. The van der Waals surface area contributed by atoms with Crippen LogP contribution < -0.4 is 0 Å². The Morgan fingerprint density at radius 2 is 2.30 bits per heavy atom. The van der Waals surface area contributed by atoms with Crippen molar-refractivity contribution in [2.75, 3.05) is 0 Å². The maximum absolute atomic E-state index is 12.3. The normalized spacial score (nSPS) is 13.1. The van der Waals surface area contributed by atoms with E-state index in [1.165, 1.54) is 6.20 Å². The van der Waals surface area contributed by atoms with Crippen LogP contribution in [0.2, 0.25) is 0 Å². The highest BCUT2D eigenvalue weighted by Crippen LogP contribution is 2.13. The second-order valence-electron chi connectivity index (χ2n) is 1.56. The zero-order chi connectivity index (χ0) is 7.56. The summed E-state index contributed by atoms with van der Waals surface area (Å²) in [6.45, 7) is 0. The van der Waals surface area contributed by atoms with E-state index in [9.17, 15) is 8.94 Å². The summed E-state index contributed by atoms with van der Waals surface area (Å²) in [4.78, 5) is 3.64. The molecule has 0 aromatic carbocycles. The maximum Gasteiger partial charge on any atom is 0.194 e. The van der Waals surface area contributed by atoms with Crippen molar-refractivity contribution in [2.24, 2.45) is 0 Å². The molecule has 1 atom stereocenters. The summed E-state index contributed by atoms with van der Waals surface area (Å²) in [6.07, 6.45) is 2.28. The molecule has 5 heteroatoms. The van der Waals surface area contributed by atoms with Gasteiger partial charge in [0, 0.05) is 6.07 Å². The predicted octanol–water partition coefficient (Wildman–Crippen LogP) is 1.48. The van der Waals surface area contributed by atoms with Gasteiger partial charge < -0.3 is 4.55 Å². The number of aromatic nitrogens is 1. The van der Waals surface area contributed by atoms with Crippen LogP contribution in [0.15, 0.2) is 23.4 Å². The van der Waals surface area contributed by atoms with E-state index in [1.807, 2.05) is 0 Å². The van der Waals surface area contributed by atoms with Gasteiger partial charge in [-0.2, -0.15) is 0 Å². The molecule has 0 aliphatic heterocycles. The lowest BCUT2D eigenvalue weighted by Crippen LogP contribution is -1.92. The molecule has 1 aromatic rings. The summed E-state index contributed by atoms with van der Waals surface area (Å²) in [7, 11) is 3.47. The number of hydrogen-bond donors (Lipinski definition) is 0. The highest BCUT2D eigenvalue weighted by molar-refractivity contribution is 8.13. The van der Waals surface area contributed by atoms with Gasteiger partial charge in [0.15, 0.2) is 15.6 Å². The van der Waals surface area contributed by atoms with Gasteiger partial charge in [0.1, 0.15) is 16.2 Å². The molecule has 0 spiro atoms. The summed E-state index contributed by atoms with van der Waals surface area (Å²) in [5, 5.41) is 0. The van der Waals surface area contributed by atoms with Crippen LogP contribution in [-0.2, 0) is 10.4 Å². The van der Waals surface area contributed by atoms with Crippen LogP contribution in [0.25, 0.3) is 0 Å². The first-order valence-electron chi connectivity index (χ1n) is 2.39. The topological polar surface area (TPSA) is 36.0 Å². The van der Waals surface area contributed by atoms with Crippen LogP contribution in [0, 0.1) is 5.82 Å². The SMILES string of the molecule is [O-][S+](Cl)c1cncc(F)c1. The van der Waals surface area contributed by atoms with Gasteiger partial charge in [-0.3, -0.25) is 4.98 Å². The number of hydrogen-bond acceptors (Lipinski definition) is 2. The van der Waals surface area contributed by atoms with Crippen molar-refractivity contribution < 1.29 is 8.94 Å². The van der Waals surface area contributed by atoms with Gasteiger partial charge in [-0.1, -0.05) is 0 Å². The molecular weight excluding hydrogens is 177 g/mol. The summed E-state index contributed by atoms with van der Waals surface area (Å²) in [5.74, 6) is -0.536. The third-order valence-corrected chi connectivity index (χ3v) is 1.99. The Labute approximate surface area is 64.7 Å². The van der Waals surface area contributed by atoms with E-state index in [0.29, 0.717) is 0 Å². The van der Waals surface area contributed by atoms with Crippen molar-refractivity contribution in [1.82, 2.24) is 4.98 Å². The van der Waals surface area contributed by atoms with Crippen LogP contribution in [0.1, 0.15) is 0 Å². The van der Waals surface area contributed by atoms with E-state index >= 15 is 0 Å². The Balaban J connectivity index is 2.96. The van der Waals surface area contributed by atoms with Gasteiger partial charge in [-0.15, -0.1) is 0 Å². The summed E-state index contributed by atoms with van der Waals surface area (Å²) >= 11 is 0. The fraction of sp³-hybridized carbons (Fsp3) is 0. The van der Waals surface area contributed by atoms with Crippen molar-refractivity contribution in [1.29, 1.82) is 0 Å². The average molecular weight is 180 g/mol. The molecule has 10 heavy (non-hydrogen) atoms. The molecular formula is C5H3ClFNOS. The molecule has 1 unspecified atom stereocenters. The van der Waals surface area contributed by atoms with Crippen LogP contribution >= 0.6 is 10.7 Å². The minimum absolute atomic E-state index is 0.182. The second-order valence-corrected chi connectivity index (χ2v) is 3.32. The van der Waals surface area contributed by atoms with Gasteiger partial charge in [-0.25, -0.2) is 4.39 Å². The van der Waals surface area contributed by atoms with Crippen LogP contribution in [-0.4, -0.2) is 9.54 Å². The number of halogens is 2.